The lowest BCUT2D eigenvalue weighted by Crippen LogP contribution is -2.33. The van der Waals surface area contributed by atoms with Crippen LogP contribution in [-0.4, -0.2) is 10.9 Å². The molecule has 0 amide bonds. The summed E-state index contributed by atoms with van der Waals surface area (Å²) < 4.78 is 0. The standard InChI is InChI=1S/C17H13N9/c1-8-2-3-9(5-18)4-10(8)14-12-13(21)11(6-19)15(22)25-16(12)26-17(24-14)23-7-20/h2-4,14H,1H3,(H6,21,22,23,24,25,26). The van der Waals surface area contributed by atoms with E-state index in [1.807, 2.05) is 13.0 Å². The number of hydrogen-bond donors (Lipinski definition) is 4. The van der Waals surface area contributed by atoms with Crippen molar-refractivity contribution in [1.82, 2.24) is 10.3 Å². The van der Waals surface area contributed by atoms with E-state index in [1.54, 1.807) is 24.4 Å². The number of nitriles is 3. The number of hydrogen-bond acceptors (Lipinski definition) is 9. The molecule has 126 valence electrons. The minimum absolute atomic E-state index is 0.0179. The molecule has 0 spiro atoms. The summed E-state index contributed by atoms with van der Waals surface area (Å²) in [6, 6.07) is 8.58. The Morgan fingerprint density at radius 1 is 1.19 bits per heavy atom. The van der Waals surface area contributed by atoms with Crippen molar-refractivity contribution in [3.63, 3.8) is 0 Å². The van der Waals surface area contributed by atoms with Gasteiger partial charge in [-0.3, -0.25) is 5.32 Å². The smallest absolute Gasteiger partial charge is 0.211 e. The number of guanidine groups is 1. The average molecular weight is 343 g/mol. The van der Waals surface area contributed by atoms with Crippen LogP contribution in [0.15, 0.2) is 23.2 Å². The highest BCUT2D eigenvalue weighted by Gasteiger charge is 2.30. The van der Waals surface area contributed by atoms with E-state index < -0.39 is 6.04 Å². The number of nitrogens with two attached hydrogens (primary N) is 2. The zero-order valence-corrected chi connectivity index (χ0v) is 13.7. The van der Waals surface area contributed by atoms with E-state index >= 15 is 0 Å². The molecule has 2 aromatic rings. The Morgan fingerprint density at radius 3 is 2.62 bits per heavy atom. The molecule has 1 atom stereocenters. The summed E-state index contributed by atoms with van der Waals surface area (Å²) in [4.78, 5) is 8.67. The van der Waals surface area contributed by atoms with Crippen LogP contribution in [0.25, 0.3) is 0 Å². The molecule has 1 aliphatic heterocycles. The SMILES string of the molecule is Cc1ccc(C#N)cc1C1N=C(NC#N)Nc2nc(N)c(C#N)c(N)c21. The lowest BCUT2D eigenvalue weighted by atomic mass is 9.91. The summed E-state index contributed by atoms with van der Waals surface area (Å²) in [6.45, 7) is 1.87. The van der Waals surface area contributed by atoms with Crippen LogP contribution in [-0.2, 0) is 0 Å². The molecule has 6 N–H and O–H groups in total. The van der Waals surface area contributed by atoms with Crippen LogP contribution in [0.5, 0.6) is 0 Å². The third-order valence-corrected chi connectivity index (χ3v) is 4.06. The summed E-state index contributed by atoms with van der Waals surface area (Å²) in [7, 11) is 0. The van der Waals surface area contributed by atoms with Crippen LogP contribution >= 0.6 is 0 Å². The van der Waals surface area contributed by atoms with Crippen molar-refractivity contribution in [2.24, 2.45) is 4.99 Å². The first-order valence-corrected chi connectivity index (χ1v) is 7.49. The zero-order chi connectivity index (χ0) is 18.8. The van der Waals surface area contributed by atoms with E-state index in [9.17, 15) is 10.5 Å². The Balaban J connectivity index is 2.31. The fraction of sp³-hybridized carbons (Fsp3) is 0.118. The first-order valence-electron chi connectivity index (χ1n) is 7.49. The van der Waals surface area contributed by atoms with Gasteiger partial charge in [0.25, 0.3) is 0 Å². The minimum atomic E-state index is -0.657. The monoisotopic (exact) mass is 343 g/mol. The van der Waals surface area contributed by atoms with Crippen LogP contribution in [0.1, 0.15) is 33.9 Å². The highest BCUT2D eigenvalue weighted by atomic mass is 15.2. The molecule has 9 heteroatoms. The average Bonchev–Trinajstić information content (AvgIpc) is 2.62. The molecular formula is C17H13N9. The Labute approximate surface area is 149 Å². The fourth-order valence-corrected chi connectivity index (χ4v) is 2.81. The molecule has 0 saturated carbocycles. The van der Waals surface area contributed by atoms with Gasteiger partial charge in [0.1, 0.15) is 29.3 Å². The van der Waals surface area contributed by atoms with Gasteiger partial charge in [0.05, 0.1) is 17.3 Å². The zero-order valence-electron chi connectivity index (χ0n) is 13.7. The van der Waals surface area contributed by atoms with Gasteiger partial charge in [0.2, 0.25) is 5.96 Å². The van der Waals surface area contributed by atoms with Gasteiger partial charge >= 0.3 is 0 Å². The van der Waals surface area contributed by atoms with Gasteiger partial charge < -0.3 is 16.8 Å². The molecule has 9 nitrogen and oxygen atoms in total. The van der Waals surface area contributed by atoms with E-state index in [4.69, 9.17) is 16.7 Å². The van der Waals surface area contributed by atoms with E-state index in [2.05, 4.69) is 26.7 Å². The number of benzene rings is 1. The third kappa shape index (κ3) is 2.58. The highest BCUT2D eigenvalue weighted by molar-refractivity contribution is 5.98. The molecule has 3 rings (SSSR count). The maximum absolute atomic E-state index is 9.33. The van der Waals surface area contributed by atoms with Gasteiger partial charge in [-0.25, -0.2) is 9.98 Å². The number of pyridine rings is 1. The molecule has 0 aliphatic carbocycles. The van der Waals surface area contributed by atoms with Crippen LogP contribution in [0.2, 0.25) is 0 Å². The molecule has 1 aromatic carbocycles. The Kier molecular flexibility index (Phi) is 4.02. The van der Waals surface area contributed by atoms with E-state index in [0.29, 0.717) is 22.5 Å². The van der Waals surface area contributed by atoms with Crippen molar-refractivity contribution in [3.8, 4) is 18.3 Å². The maximum atomic E-state index is 9.33. The molecule has 1 aliphatic rings. The molecule has 26 heavy (non-hydrogen) atoms. The van der Waals surface area contributed by atoms with Gasteiger partial charge in [0.15, 0.2) is 6.19 Å². The van der Waals surface area contributed by atoms with Gasteiger partial charge in [-0.1, -0.05) is 6.07 Å². The van der Waals surface area contributed by atoms with E-state index in [1.165, 1.54) is 0 Å². The number of aromatic nitrogens is 1. The molecule has 1 unspecified atom stereocenters. The second-order valence-corrected chi connectivity index (χ2v) is 5.59. The van der Waals surface area contributed by atoms with Crippen molar-refractivity contribution in [2.75, 3.05) is 16.8 Å². The highest BCUT2D eigenvalue weighted by Crippen LogP contribution is 2.41. The van der Waals surface area contributed by atoms with Crippen molar-refractivity contribution >= 4 is 23.3 Å². The number of fused-ring (bicyclic) bond motifs is 1. The second-order valence-electron chi connectivity index (χ2n) is 5.59. The predicted molar refractivity (Wildman–Crippen MR) is 95.3 cm³/mol. The van der Waals surface area contributed by atoms with Gasteiger partial charge in [0, 0.05) is 5.56 Å². The largest absolute Gasteiger partial charge is 0.397 e. The summed E-state index contributed by atoms with van der Waals surface area (Å²) in [6.07, 6.45) is 1.79. The predicted octanol–water partition coefficient (Wildman–Crippen LogP) is 1.24. The molecule has 0 bridgehead atoms. The summed E-state index contributed by atoms with van der Waals surface area (Å²) in [5.41, 5.74) is 14.7. The number of aliphatic imine (C=N–C) groups is 1. The van der Waals surface area contributed by atoms with Gasteiger partial charge in [-0.2, -0.15) is 15.8 Å². The summed E-state index contributed by atoms with van der Waals surface area (Å²) >= 11 is 0. The maximum Gasteiger partial charge on any atom is 0.211 e. The van der Waals surface area contributed by atoms with E-state index in [0.717, 1.165) is 5.56 Å². The van der Waals surface area contributed by atoms with E-state index in [-0.39, 0.29) is 23.0 Å². The van der Waals surface area contributed by atoms with Crippen LogP contribution in [0, 0.1) is 41.0 Å². The van der Waals surface area contributed by atoms with Crippen molar-refractivity contribution in [3.05, 3.63) is 46.0 Å². The second kappa shape index (κ2) is 6.31. The summed E-state index contributed by atoms with van der Waals surface area (Å²) in [5.74, 6) is 0.456. The number of rotatable bonds is 1. The molecule has 0 radical (unpaired) electrons. The van der Waals surface area contributed by atoms with Crippen LogP contribution in [0.4, 0.5) is 17.3 Å². The molecule has 1 aromatic heterocycles. The number of aryl methyl sites for hydroxylation is 1. The molecule has 2 heterocycles. The van der Waals surface area contributed by atoms with Gasteiger partial charge in [-0.05, 0) is 30.2 Å². The third-order valence-electron chi connectivity index (χ3n) is 4.06. The number of nitrogen functional groups attached to an aromatic ring is 2. The molecule has 0 saturated heterocycles. The first kappa shape index (κ1) is 16.6. The van der Waals surface area contributed by atoms with Crippen molar-refractivity contribution in [2.45, 2.75) is 13.0 Å². The Morgan fingerprint density at radius 2 is 1.96 bits per heavy atom. The number of anilines is 3. The lowest BCUT2D eigenvalue weighted by Gasteiger charge is -2.27. The fourth-order valence-electron chi connectivity index (χ4n) is 2.81. The minimum Gasteiger partial charge on any atom is -0.397 e. The lowest BCUT2D eigenvalue weighted by molar-refractivity contribution is 0.838. The quantitative estimate of drug-likeness (QED) is 0.442. The summed E-state index contributed by atoms with van der Waals surface area (Å²) in [5, 5.41) is 32.7. The van der Waals surface area contributed by atoms with Gasteiger partial charge in [-0.15, -0.1) is 0 Å². The molecule has 0 fully saturated rings. The Hall–Kier alpha value is -4.29. The number of nitrogens with one attached hydrogen (secondary N) is 2. The van der Waals surface area contributed by atoms with Crippen molar-refractivity contribution < 1.29 is 0 Å². The first-order chi connectivity index (χ1) is 12.5. The topological polar surface area (TPSA) is 173 Å². The molecular weight excluding hydrogens is 330 g/mol. The number of nitrogens with zero attached hydrogens (tertiary/aromatic N) is 5. The van der Waals surface area contributed by atoms with Crippen LogP contribution < -0.4 is 22.1 Å². The normalized spacial score (nSPS) is 14.7. The van der Waals surface area contributed by atoms with Crippen molar-refractivity contribution in [1.29, 1.82) is 15.8 Å². The Bertz CT molecular complexity index is 1060. The van der Waals surface area contributed by atoms with Crippen LogP contribution in [0.3, 0.4) is 0 Å².